The maximum Gasteiger partial charge on any atom is 0.267 e. The van der Waals surface area contributed by atoms with Gasteiger partial charge in [-0.05, 0) is 56.6 Å². The van der Waals surface area contributed by atoms with Gasteiger partial charge >= 0.3 is 0 Å². The molecule has 1 saturated carbocycles. The number of fused-ring (bicyclic) bond motifs is 3. The van der Waals surface area contributed by atoms with Gasteiger partial charge in [0.25, 0.3) is 5.56 Å². The highest BCUT2D eigenvalue weighted by molar-refractivity contribution is 5.95. The van der Waals surface area contributed by atoms with Crippen molar-refractivity contribution in [2.24, 2.45) is 11.7 Å². The summed E-state index contributed by atoms with van der Waals surface area (Å²) < 4.78 is 7.94. The fraction of sp³-hybridized carbons (Fsp3) is 0.583. The number of anilines is 1. The molecule has 9 nitrogen and oxygen atoms in total. The van der Waals surface area contributed by atoms with Gasteiger partial charge in [-0.2, -0.15) is 0 Å². The van der Waals surface area contributed by atoms with Crippen molar-refractivity contribution in [3.05, 3.63) is 28.6 Å². The molecule has 2 aliphatic heterocycles. The molecule has 3 heterocycles. The molecule has 1 aromatic heterocycles. The van der Waals surface area contributed by atoms with E-state index in [4.69, 9.17) is 10.5 Å². The van der Waals surface area contributed by atoms with Crippen LogP contribution in [0.25, 0.3) is 10.9 Å². The van der Waals surface area contributed by atoms with Crippen molar-refractivity contribution in [2.45, 2.75) is 76.6 Å². The van der Waals surface area contributed by atoms with Gasteiger partial charge in [0.1, 0.15) is 17.7 Å². The van der Waals surface area contributed by atoms with Gasteiger partial charge in [0.15, 0.2) is 6.23 Å². The van der Waals surface area contributed by atoms with Crippen molar-refractivity contribution < 1.29 is 14.3 Å². The number of nitrogens with zero attached hydrogens (tertiary/aromatic N) is 3. The summed E-state index contributed by atoms with van der Waals surface area (Å²) in [5, 5.41) is 3.02. The van der Waals surface area contributed by atoms with Gasteiger partial charge in [-0.1, -0.05) is 18.9 Å². The van der Waals surface area contributed by atoms with Crippen molar-refractivity contribution in [1.82, 2.24) is 14.5 Å². The molecule has 176 valence electrons. The van der Waals surface area contributed by atoms with E-state index in [1.54, 1.807) is 12.1 Å². The van der Waals surface area contributed by atoms with E-state index in [2.05, 4.69) is 15.2 Å². The maximum absolute atomic E-state index is 13.3. The predicted octanol–water partition coefficient (Wildman–Crippen LogP) is 2.36. The third kappa shape index (κ3) is 4.34. The zero-order valence-electron chi connectivity index (χ0n) is 18.8. The lowest BCUT2D eigenvalue weighted by Gasteiger charge is -2.47. The van der Waals surface area contributed by atoms with Crippen LogP contribution < -0.4 is 21.3 Å². The first-order chi connectivity index (χ1) is 16.0. The minimum absolute atomic E-state index is 0.0383. The normalized spacial score (nSPS) is 23.6. The van der Waals surface area contributed by atoms with Crippen molar-refractivity contribution in [2.75, 3.05) is 11.9 Å². The zero-order chi connectivity index (χ0) is 22.9. The lowest BCUT2D eigenvalue weighted by Crippen LogP contribution is -2.53. The molecule has 2 fully saturated rings. The van der Waals surface area contributed by atoms with Crippen LogP contribution in [0.4, 0.5) is 5.95 Å². The molecule has 1 aliphatic carbocycles. The molecule has 1 aromatic carbocycles. The van der Waals surface area contributed by atoms with Gasteiger partial charge in [-0.3, -0.25) is 29.2 Å². The molecule has 5 rings (SSSR count). The van der Waals surface area contributed by atoms with E-state index >= 15 is 0 Å². The first-order valence-corrected chi connectivity index (χ1v) is 12.1. The lowest BCUT2D eigenvalue weighted by molar-refractivity contribution is -0.118. The largest absolute Gasteiger partial charge is 0.474 e. The van der Waals surface area contributed by atoms with Gasteiger partial charge in [-0.25, -0.2) is 4.98 Å². The highest BCUT2D eigenvalue weighted by Gasteiger charge is 2.37. The summed E-state index contributed by atoms with van der Waals surface area (Å²) in [6.07, 6.45) is 8.63. The number of piperidine rings is 1. The Bertz CT molecular complexity index is 1130. The Kier molecular flexibility index (Phi) is 6.05. The number of hydrogen-bond donors (Lipinski definition) is 2. The molecule has 33 heavy (non-hydrogen) atoms. The number of carbonyl (C=O) groups is 2. The zero-order valence-corrected chi connectivity index (χ0v) is 18.8. The number of nitrogens with two attached hydrogens (primary N) is 1. The van der Waals surface area contributed by atoms with Crippen LogP contribution >= 0.6 is 0 Å². The number of rotatable bonds is 7. The number of aromatic nitrogens is 2. The number of nitrogens with one attached hydrogen (secondary N) is 1. The molecule has 3 aliphatic rings. The predicted molar refractivity (Wildman–Crippen MR) is 124 cm³/mol. The van der Waals surface area contributed by atoms with Gasteiger partial charge in [0.2, 0.25) is 17.8 Å². The van der Waals surface area contributed by atoms with Crippen LogP contribution in [0.5, 0.6) is 5.75 Å². The van der Waals surface area contributed by atoms with Gasteiger partial charge in [-0.15, -0.1) is 0 Å². The van der Waals surface area contributed by atoms with Gasteiger partial charge in [0.05, 0.1) is 5.52 Å². The van der Waals surface area contributed by atoms with Gasteiger partial charge < -0.3 is 10.5 Å². The smallest absolute Gasteiger partial charge is 0.267 e. The van der Waals surface area contributed by atoms with Crippen molar-refractivity contribution in [3.63, 3.8) is 0 Å². The Morgan fingerprint density at radius 3 is 2.88 bits per heavy atom. The van der Waals surface area contributed by atoms with Crippen molar-refractivity contribution >= 4 is 28.7 Å². The fourth-order valence-corrected chi connectivity index (χ4v) is 5.79. The number of benzene rings is 1. The number of amides is 2. The van der Waals surface area contributed by atoms with Crippen LogP contribution in [0.2, 0.25) is 0 Å². The SMILES string of the molecule is NC(=O)CCCC(Oc1cccc2nc3n(c(=O)c12)CC(=O)N3)N1CCCC2CCCCC21. The van der Waals surface area contributed by atoms with E-state index in [1.807, 2.05) is 6.07 Å². The first kappa shape index (κ1) is 21.9. The van der Waals surface area contributed by atoms with E-state index in [0.29, 0.717) is 47.9 Å². The van der Waals surface area contributed by atoms with E-state index in [9.17, 15) is 14.4 Å². The molecule has 3 N–H and O–H groups in total. The van der Waals surface area contributed by atoms with Crippen molar-refractivity contribution in [3.8, 4) is 5.75 Å². The summed E-state index contributed by atoms with van der Waals surface area (Å²) in [6.45, 7) is 0.904. The molecule has 3 atom stereocenters. The number of ether oxygens (including phenoxy) is 1. The second kappa shape index (κ2) is 9.13. The highest BCUT2D eigenvalue weighted by Crippen LogP contribution is 2.38. The fourth-order valence-electron chi connectivity index (χ4n) is 5.79. The van der Waals surface area contributed by atoms with Crippen LogP contribution in [-0.4, -0.2) is 45.1 Å². The summed E-state index contributed by atoms with van der Waals surface area (Å²) in [6, 6.07) is 5.84. The third-order valence-electron chi connectivity index (χ3n) is 7.29. The summed E-state index contributed by atoms with van der Waals surface area (Å²) in [5.41, 5.74) is 5.61. The van der Waals surface area contributed by atoms with E-state index in [-0.39, 0.29) is 36.1 Å². The van der Waals surface area contributed by atoms with Crippen molar-refractivity contribution in [1.29, 1.82) is 0 Å². The van der Waals surface area contributed by atoms with E-state index in [1.165, 1.54) is 30.3 Å². The molecular weight excluding hydrogens is 422 g/mol. The molecule has 0 radical (unpaired) electrons. The maximum atomic E-state index is 13.3. The second-order valence-corrected chi connectivity index (χ2v) is 9.45. The minimum atomic E-state index is -0.316. The molecule has 9 heteroatoms. The average molecular weight is 454 g/mol. The Morgan fingerprint density at radius 1 is 1.21 bits per heavy atom. The van der Waals surface area contributed by atoms with Crippen LogP contribution in [0.1, 0.15) is 57.8 Å². The lowest BCUT2D eigenvalue weighted by atomic mass is 9.78. The van der Waals surface area contributed by atoms with E-state index in [0.717, 1.165) is 19.4 Å². The monoisotopic (exact) mass is 453 g/mol. The number of carbonyl (C=O) groups excluding carboxylic acids is 2. The molecule has 0 spiro atoms. The van der Waals surface area contributed by atoms with Crippen LogP contribution in [0.3, 0.4) is 0 Å². The van der Waals surface area contributed by atoms with Crippen LogP contribution in [-0.2, 0) is 16.1 Å². The minimum Gasteiger partial charge on any atom is -0.474 e. The quantitative estimate of drug-likeness (QED) is 0.664. The Hall–Kier alpha value is -2.94. The van der Waals surface area contributed by atoms with E-state index < -0.39 is 0 Å². The molecule has 2 aromatic rings. The average Bonchev–Trinajstić information content (AvgIpc) is 3.18. The number of likely N-dealkylation sites (tertiary alicyclic amines) is 1. The molecule has 2 amide bonds. The van der Waals surface area contributed by atoms with Crippen LogP contribution in [0.15, 0.2) is 23.0 Å². The highest BCUT2D eigenvalue weighted by atomic mass is 16.5. The third-order valence-corrected chi connectivity index (χ3v) is 7.29. The summed E-state index contributed by atoms with van der Waals surface area (Å²) >= 11 is 0. The molecule has 1 saturated heterocycles. The second-order valence-electron chi connectivity index (χ2n) is 9.45. The Morgan fingerprint density at radius 2 is 2.03 bits per heavy atom. The Labute approximate surface area is 192 Å². The number of hydrogen-bond acceptors (Lipinski definition) is 6. The standard InChI is InChI=1S/C24H31N5O4/c25-19(30)11-4-12-21(28-13-5-7-15-6-1-2-9-17(15)28)33-18-10-3-8-16-22(18)23(32)29-14-20(31)27-24(29)26-16/h3,8,10,15,17,21H,1-2,4-7,9,11-14H2,(H2,25,30)(H,26,27,31). The first-order valence-electron chi connectivity index (χ1n) is 12.1. The summed E-state index contributed by atoms with van der Waals surface area (Å²) in [5.74, 6) is 0.854. The summed E-state index contributed by atoms with van der Waals surface area (Å²) in [4.78, 5) is 43.4. The van der Waals surface area contributed by atoms with Gasteiger partial charge in [0, 0.05) is 19.0 Å². The topological polar surface area (TPSA) is 120 Å². The van der Waals surface area contributed by atoms with Crippen LogP contribution in [0, 0.1) is 5.92 Å². The molecule has 0 bridgehead atoms. The number of primary amides is 1. The molecular formula is C24H31N5O4. The Balaban J connectivity index is 1.49. The summed E-state index contributed by atoms with van der Waals surface area (Å²) in [7, 11) is 0. The molecule has 3 unspecified atom stereocenters.